The molecule has 2 heterocycles. The third kappa shape index (κ3) is 4.02. The lowest BCUT2D eigenvalue weighted by Gasteiger charge is -2.36. The Bertz CT molecular complexity index is 1220. The van der Waals surface area contributed by atoms with Crippen LogP contribution in [-0.2, 0) is 14.8 Å². The van der Waals surface area contributed by atoms with Crippen LogP contribution in [-0.4, -0.2) is 57.9 Å². The average Bonchev–Trinajstić information content (AvgIpc) is 3.28. The topological polar surface area (TPSA) is 92.1 Å². The van der Waals surface area contributed by atoms with Gasteiger partial charge >= 0.3 is 0 Å². The summed E-state index contributed by atoms with van der Waals surface area (Å²) in [6, 6.07) is 17.5. The first-order valence-electron chi connectivity index (χ1n) is 10.1. The number of hydrogen-bond donors (Lipinski definition) is 1. The maximum Gasteiger partial charge on any atom is 0.258 e. The van der Waals surface area contributed by atoms with Gasteiger partial charge in [-0.25, -0.2) is 12.7 Å². The lowest BCUT2D eigenvalue weighted by Crippen LogP contribution is -2.44. The number of para-hydroxylation sites is 1. The molecule has 0 radical (unpaired) electrons. The summed E-state index contributed by atoms with van der Waals surface area (Å²) in [7, 11) is 1.08. The second kappa shape index (κ2) is 8.78. The molecule has 8 nitrogen and oxygen atoms in total. The van der Waals surface area contributed by atoms with Gasteiger partial charge in [-0.3, -0.25) is 4.79 Å². The molecule has 1 N–H and O–H groups in total. The van der Waals surface area contributed by atoms with E-state index in [-0.39, 0.29) is 10.8 Å². The first-order valence-corrected chi connectivity index (χ1v) is 11.5. The Kier molecular flexibility index (Phi) is 6.05. The number of hydrogen-bond acceptors (Lipinski definition) is 6. The Labute approximate surface area is 187 Å². The molecular formula is C23H25N3O5S. The third-order valence-electron chi connectivity index (χ3n) is 5.37. The summed E-state index contributed by atoms with van der Waals surface area (Å²) in [5, 5.41) is 3.38. The zero-order valence-corrected chi connectivity index (χ0v) is 18.9. The van der Waals surface area contributed by atoms with Crippen LogP contribution in [0.2, 0.25) is 0 Å². The van der Waals surface area contributed by atoms with Crippen LogP contribution in [0.1, 0.15) is 22.3 Å². The van der Waals surface area contributed by atoms with Gasteiger partial charge in [0.2, 0.25) is 10.0 Å². The lowest BCUT2D eigenvalue weighted by molar-refractivity contribution is 0.0587. The zero-order valence-electron chi connectivity index (χ0n) is 18.1. The fraction of sp³-hybridized carbons (Fsp3) is 0.261. The second-order valence-electron chi connectivity index (χ2n) is 7.60. The summed E-state index contributed by atoms with van der Waals surface area (Å²) in [5.41, 5.74) is 2.08. The molecule has 1 aliphatic rings. The Balaban J connectivity index is 1.64. The molecule has 168 valence electrons. The highest BCUT2D eigenvalue weighted by Crippen LogP contribution is 2.35. The average molecular weight is 456 g/mol. The fourth-order valence-corrected chi connectivity index (χ4v) is 4.50. The van der Waals surface area contributed by atoms with E-state index in [0.29, 0.717) is 30.2 Å². The minimum absolute atomic E-state index is 0.0994. The second-order valence-corrected chi connectivity index (χ2v) is 9.75. The van der Waals surface area contributed by atoms with Gasteiger partial charge in [-0.05, 0) is 48.5 Å². The van der Waals surface area contributed by atoms with Crippen LogP contribution in [0.4, 0.5) is 5.69 Å². The fourth-order valence-electron chi connectivity index (χ4n) is 3.59. The Morgan fingerprint density at radius 3 is 2.47 bits per heavy atom. The van der Waals surface area contributed by atoms with Crippen LogP contribution >= 0.6 is 0 Å². The van der Waals surface area contributed by atoms with Crippen LogP contribution in [0.25, 0.3) is 11.3 Å². The molecule has 0 unspecified atom stereocenters. The Hall–Kier alpha value is -3.14. The first kappa shape index (κ1) is 22.1. The molecule has 0 spiro atoms. The maximum absolute atomic E-state index is 13.1. The van der Waals surface area contributed by atoms with Gasteiger partial charge in [-0.1, -0.05) is 12.1 Å². The summed E-state index contributed by atoms with van der Waals surface area (Å²) < 4.78 is 37.0. The van der Waals surface area contributed by atoms with Gasteiger partial charge in [0.1, 0.15) is 11.5 Å². The summed E-state index contributed by atoms with van der Waals surface area (Å²) in [6.45, 7) is 0.788. The summed E-state index contributed by atoms with van der Waals surface area (Å²) >= 11 is 0. The normalized spacial score (nSPS) is 16.2. The molecule has 9 heteroatoms. The highest BCUT2D eigenvalue weighted by molar-refractivity contribution is 7.89. The molecule has 0 bridgehead atoms. The molecule has 0 fully saturated rings. The number of carbonyl (C=O) groups excluding carboxylic acids is 1. The SMILES string of the molecule is COCCN1C(=O)c2ccccc2N[C@H]1c1ccc(-c2ccc(S(=O)(=O)N(C)C)cc2)o1. The number of sulfonamides is 1. The van der Waals surface area contributed by atoms with E-state index in [0.717, 1.165) is 11.3 Å². The minimum Gasteiger partial charge on any atom is -0.457 e. The number of anilines is 1. The highest BCUT2D eigenvalue weighted by atomic mass is 32.2. The number of ether oxygens (including phenoxy) is 1. The molecule has 3 aromatic rings. The van der Waals surface area contributed by atoms with Crippen molar-refractivity contribution in [2.75, 3.05) is 39.7 Å². The van der Waals surface area contributed by atoms with Crippen LogP contribution in [0.15, 0.2) is 70.0 Å². The van der Waals surface area contributed by atoms with Gasteiger partial charge in [0.15, 0.2) is 6.17 Å². The van der Waals surface area contributed by atoms with E-state index < -0.39 is 16.2 Å². The molecule has 0 saturated carbocycles. The largest absolute Gasteiger partial charge is 0.457 e. The van der Waals surface area contributed by atoms with Crippen LogP contribution < -0.4 is 5.32 Å². The van der Waals surface area contributed by atoms with Crippen molar-refractivity contribution in [2.45, 2.75) is 11.1 Å². The minimum atomic E-state index is -3.50. The molecule has 1 aliphatic heterocycles. The quantitative estimate of drug-likeness (QED) is 0.587. The number of fused-ring (bicyclic) bond motifs is 1. The number of amides is 1. The Morgan fingerprint density at radius 2 is 1.78 bits per heavy atom. The van der Waals surface area contributed by atoms with E-state index in [1.165, 1.54) is 18.4 Å². The smallest absolute Gasteiger partial charge is 0.258 e. The molecule has 1 atom stereocenters. The van der Waals surface area contributed by atoms with Gasteiger partial charge < -0.3 is 19.4 Å². The number of furan rings is 1. The number of rotatable bonds is 7. The molecule has 4 rings (SSSR count). The van der Waals surface area contributed by atoms with E-state index in [2.05, 4.69) is 5.32 Å². The maximum atomic E-state index is 13.1. The first-order chi connectivity index (χ1) is 15.3. The van der Waals surface area contributed by atoms with E-state index in [1.54, 1.807) is 42.3 Å². The predicted molar refractivity (Wildman–Crippen MR) is 121 cm³/mol. The Morgan fingerprint density at radius 1 is 1.06 bits per heavy atom. The van der Waals surface area contributed by atoms with Gasteiger partial charge in [0.25, 0.3) is 5.91 Å². The van der Waals surface area contributed by atoms with Crippen molar-refractivity contribution in [1.82, 2.24) is 9.21 Å². The van der Waals surface area contributed by atoms with Crippen molar-refractivity contribution >= 4 is 21.6 Å². The van der Waals surface area contributed by atoms with E-state index in [4.69, 9.17) is 9.15 Å². The van der Waals surface area contributed by atoms with E-state index >= 15 is 0 Å². The molecular weight excluding hydrogens is 430 g/mol. The molecule has 0 aliphatic carbocycles. The van der Waals surface area contributed by atoms with Crippen molar-refractivity contribution in [3.05, 3.63) is 72.0 Å². The van der Waals surface area contributed by atoms with Crippen molar-refractivity contribution in [3.63, 3.8) is 0 Å². The lowest BCUT2D eigenvalue weighted by atomic mass is 10.1. The molecule has 1 aromatic heterocycles. The van der Waals surface area contributed by atoms with Crippen molar-refractivity contribution in [3.8, 4) is 11.3 Å². The number of nitrogens with one attached hydrogen (secondary N) is 1. The number of benzene rings is 2. The van der Waals surface area contributed by atoms with Crippen molar-refractivity contribution in [2.24, 2.45) is 0 Å². The van der Waals surface area contributed by atoms with Crippen LogP contribution in [0.3, 0.4) is 0 Å². The zero-order chi connectivity index (χ0) is 22.9. The monoisotopic (exact) mass is 455 g/mol. The standard InChI is InChI=1S/C23H25N3O5S/c1-25(2)32(28,29)17-10-8-16(9-11-17)20-12-13-21(31-20)22-24-19-7-5-4-6-18(19)23(27)26(22)14-15-30-3/h4-13,22,24H,14-15H2,1-3H3/t22-/m1/s1. The van der Waals surface area contributed by atoms with E-state index in [1.807, 2.05) is 30.3 Å². The summed E-state index contributed by atoms with van der Waals surface area (Å²) in [5.74, 6) is 1.05. The number of nitrogens with zero attached hydrogens (tertiary/aromatic N) is 2. The highest BCUT2D eigenvalue weighted by Gasteiger charge is 2.34. The molecule has 1 amide bonds. The van der Waals surface area contributed by atoms with Crippen LogP contribution in [0, 0.1) is 0 Å². The van der Waals surface area contributed by atoms with Gasteiger partial charge in [-0.15, -0.1) is 0 Å². The predicted octanol–water partition coefficient (Wildman–Crippen LogP) is 3.41. The number of methoxy groups -OCH3 is 1. The van der Waals surface area contributed by atoms with E-state index in [9.17, 15) is 13.2 Å². The van der Waals surface area contributed by atoms with Gasteiger partial charge in [-0.2, -0.15) is 0 Å². The van der Waals surface area contributed by atoms with Gasteiger partial charge in [0, 0.05) is 39.0 Å². The van der Waals surface area contributed by atoms with Crippen LogP contribution in [0.5, 0.6) is 0 Å². The molecule has 2 aromatic carbocycles. The molecule has 32 heavy (non-hydrogen) atoms. The van der Waals surface area contributed by atoms with Gasteiger partial charge in [0.05, 0.1) is 17.1 Å². The number of carbonyl (C=O) groups is 1. The third-order valence-corrected chi connectivity index (χ3v) is 7.20. The van der Waals surface area contributed by atoms with Crippen molar-refractivity contribution < 1.29 is 22.4 Å². The van der Waals surface area contributed by atoms with Crippen molar-refractivity contribution in [1.29, 1.82) is 0 Å². The molecule has 0 saturated heterocycles. The summed E-state index contributed by atoms with van der Waals surface area (Å²) in [4.78, 5) is 15.0. The summed E-state index contributed by atoms with van der Waals surface area (Å²) in [6.07, 6.45) is -0.491.